The topological polar surface area (TPSA) is 21.3 Å². The largest absolute Gasteiger partial charge is 0.493 e. The summed E-state index contributed by atoms with van der Waals surface area (Å²) in [5.41, 5.74) is 3.31. The molecule has 2 aromatic carbocycles. The number of halogens is 2. The number of benzene rings is 2. The highest BCUT2D eigenvalue weighted by Crippen LogP contribution is 2.36. The molecule has 0 radical (unpaired) electrons. The summed E-state index contributed by atoms with van der Waals surface area (Å²) in [6, 6.07) is 12.0. The molecule has 1 aliphatic rings. The minimum Gasteiger partial charge on any atom is -0.493 e. The first-order valence-corrected chi connectivity index (χ1v) is 7.84. The third-order valence-electron chi connectivity index (χ3n) is 3.70. The molecule has 4 heteroatoms. The van der Waals surface area contributed by atoms with Gasteiger partial charge >= 0.3 is 0 Å². The fourth-order valence-corrected chi connectivity index (χ4v) is 3.28. The summed E-state index contributed by atoms with van der Waals surface area (Å²) in [5.74, 6) is 1.00. The summed E-state index contributed by atoms with van der Waals surface area (Å²) < 4.78 is 5.90. The Bertz CT molecular complexity index is 637. The molecule has 0 bridgehead atoms. The van der Waals surface area contributed by atoms with Gasteiger partial charge in [-0.25, -0.2) is 0 Å². The lowest BCUT2D eigenvalue weighted by Crippen LogP contribution is -2.10. The molecular formula is C17H17Cl2NO. The second kappa shape index (κ2) is 6.17. The van der Waals surface area contributed by atoms with Gasteiger partial charge in [0, 0.05) is 21.3 Å². The third kappa shape index (κ3) is 3.28. The lowest BCUT2D eigenvalue weighted by molar-refractivity contribution is 0.314. The molecule has 1 aliphatic heterocycles. The van der Waals surface area contributed by atoms with Crippen LogP contribution in [-0.4, -0.2) is 6.61 Å². The Morgan fingerprint density at radius 1 is 1.14 bits per heavy atom. The molecular weight excluding hydrogens is 305 g/mol. The van der Waals surface area contributed by atoms with E-state index in [4.69, 9.17) is 27.9 Å². The zero-order chi connectivity index (χ0) is 14.8. The Labute approximate surface area is 135 Å². The predicted octanol–water partition coefficient (Wildman–Crippen LogP) is 5.63. The molecule has 21 heavy (non-hydrogen) atoms. The SMILES string of the molecule is Cc1cccc2c1OCCCC2Nc1cc(Cl)cc(Cl)c1. The Hall–Kier alpha value is -1.38. The van der Waals surface area contributed by atoms with Crippen LogP contribution in [0.25, 0.3) is 0 Å². The van der Waals surface area contributed by atoms with Crippen molar-refractivity contribution in [2.75, 3.05) is 11.9 Å². The van der Waals surface area contributed by atoms with Gasteiger partial charge in [0.15, 0.2) is 0 Å². The van der Waals surface area contributed by atoms with Gasteiger partial charge in [-0.15, -0.1) is 0 Å². The van der Waals surface area contributed by atoms with Crippen LogP contribution in [0.4, 0.5) is 5.69 Å². The van der Waals surface area contributed by atoms with Crippen molar-refractivity contribution in [3.05, 3.63) is 57.6 Å². The van der Waals surface area contributed by atoms with Gasteiger partial charge in [0.05, 0.1) is 12.6 Å². The fourth-order valence-electron chi connectivity index (χ4n) is 2.75. The number of anilines is 1. The maximum absolute atomic E-state index is 6.08. The van der Waals surface area contributed by atoms with Gasteiger partial charge in [0.1, 0.15) is 5.75 Å². The monoisotopic (exact) mass is 321 g/mol. The first-order chi connectivity index (χ1) is 10.1. The van der Waals surface area contributed by atoms with Crippen LogP contribution in [-0.2, 0) is 0 Å². The zero-order valence-electron chi connectivity index (χ0n) is 11.8. The van der Waals surface area contributed by atoms with Crippen molar-refractivity contribution < 1.29 is 4.74 Å². The second-order valence-electron chi connectivity index (χ2n) is 5.34. The molecule has 1 atom stereocenters. The summed E-state index contributed by atoms with van der Waals surface area (Å²) in [6.07, 6.45) is 2.03. The Morgan fingerprint density at radius 3 is 2.67 bits per heavy atom. The number of hydrogen-bond acceptors (Lipinski definition) is 2. The van der Waals surface area contributed by atoms with Crippen LogP contribution in [0.3, 0.4) is 0 Å². The van der Waals surface area contributed by atoms with Crippen LogP contribution in [0.1, 0.15) is 30.0 Å². The number of fused-ring (bicyclic) bond motifs is 1. The molecule has 2 aromatic rings. The van der Waals surface area contributed by atoms with E-state index in [1.54, 1.807) is 6.07 Å². The van der Waals surface area contributed by atoms with Gasteiger partial charge < -0.3 is 10.1 Å². The van der Waals surface area contributed by atoms with Crippen LogP contribution < -0.4 is 10.1 Å². The Balaban J connectivity index is 1.94. The van der Waals surface area contributed by atoms with Gasteiger partial charge in [-0.3, -0.25) is 0 Å². The van der Waals surface area contributed by atoms with E-state index in [1.807, 2.05) is 12.1 Å². The van der Waals surface area contributed by atoms with Crippen LogP contribution in [0.2, 0.25) is 10.0 Å². The first-order valence-electron chi connectivity index (χ1n) is 7.08. The minimum atomic E-state index is 0.205. The van der Waals surface area contributed by atoms with Crippen molar-refractivity contribution in [1.82, 2.24) is 0 Å². The van der Waals surface area contributed by atoms with Gasteiger partial charge in [0.2, 0.25) is 0 Å². The Morgan fingerprint density at radius 2 is 1.90 bits per heavy atom. The number of para-hydroxylation sites is 1. The first kappa shape index (κ1) is 14.6. The second-order valence-corrected chi connectivity index (χ2v) is 6.21. The molecule has 1 N–H and O–H groups in total. The maximum Gasteiger partial charge on any atom is 0.127 e. The summed E-state index contributed by atoms with van der Waals surface area (Å²) in [7, 11) is 0. The van der Waals surface area contributed by atoms with Crippen LogP contribution in [0.5, 0.6) is 5.75 Å². The molecule has 110 valence electrons. The third-order valence-corrected chi connectivity index (χ3v) is 4.14. The van der Waals surface area contributed by atoms with E-state index in [-0.39, 0.29) is 6.04 Å². The summed E-state index contributed by atoms with van der Waals surface area (Å²) >= 11 is 12.2. The lowest BCUT2D eigenvalue weighted by atomic mass is 9.99. The predicted molar refractivity (Wildman–Crippen MR) is 88.7 cm³/mol. The van der Waals surface area contributed by atoms with Crippen molar-refractivity contribution in [3.63, 3.8) is 0 Å². The quantitative estimate of drug-likeness (QED) is 0.774. The van der Waals surface area contributed by atoms with Crippen LogP contribution >= 0.6 is 23.2 Å². The fraction of sp³-hybridized carbons (Fsp3) is 0.294. The number of hydrogen-bond donors (Lipinski definition) is 1. The summed E-state index contributed by atoms with van der Waals surface area (Å²) in [6.45, 7) is 2.84. The van der Waals surface area contributed by atoms with Crippen LogP contribution in [0.15, 0.2) is 36.4 Å². The number of nitrogens with one attached hydrogen (secondary N) is 1. The van der Waals surface area contributed by atoms with E-state index in [1.165, 1.54) is 11.1 Å². The van der Waals surface area contributed by atoms with E-state index < -0.39 is 0 Å². The van der Waals surface area contributed by atoms with Gasteiger partial charge in [-0.1, -0.05) is 41.4 Å². The molecule has 0 saturated carbocycles. The number of aryl methyl sites for hydroxylation is 1. The molecule has 0 amide bonds. The number of rotatable bonds is 2. The maximum atomic E-state index is 6.08. The standard InChI is InChI=1S/C17H17Cl2NO/c1-11-4-2-5-15-16(6-3-7-21-17(11)15)20-14-9-12(18)8-13(19)10-14/h2,4-5,8-10,16,20H,3,6-7H2,1H3. The molecule has 0 saturated heterocycles. The lowest BCUT2D eigenvalue weighted by Gasteiger charge is -2.20. The summed E-state index contributed by atoms with van der Waals surface area (Å²) in [5, 5.41) is 4.81. The smallest absolute Gasteiger partial charge is 0.127 e. The molecule has 3 rings (SSSR count). The summed E-state index contributed by atoms with van der Waals surface area (Å²) in [4.78, 5) is 0. The highest BCUT2D eigenvalue weighted by molar-refractivity contribution is 6.35. The van der Waals surface area contributed by atoms with Gasteiger partial charge in [0.25, 0.3) is 0 Å². The molecule has 1 unspecified atom stereocenters. The highest BCUT2D eigenvalue weighted by atomic mass is 35.5. The van der Waals surface area contributed by atoms with E-state index in [0.717, 1.165) is 30.9 Å². The Kier molecular flexibility index (Phi) is 4.27. The highest BCUT2D eigenvalue weighted by Gasteiger charge is 2.21. The van der Waals surface area contributed by atoms with Crippen LogP contribution in [0, 0.1) is 6.92 Å². The molecule has 0 aromatic heterocycles. The van der Waals surface area contributed by atoms with Crippen molar-refractivity contribution in [2.24, 2.45) is 0 Å². The number of ether oxygens (including phenoxy) is 1. The average molecular weight is 322 g/mol. The van der Waals surface area contributed by atoms with E-state index in [0.29, 0.717) is 10.0 Å². The van der Waals surface area contributed by atoms with Gasteiger partial charge in [-0.05, 0) is 43.5 Å². The van der Waals surface area contributed by atoms with Crippen molar-refractivity contribution >= 4 is 28.9 Å². The zero-order valence-corrected chi connectivity index (χ0v) is 13.3. The van der Waals surface area contributed by atoms with Crippen molar-refractivity contribution in [2.45, 2.75) is 25.8 Å². The average Bonchev–Trinajstić information content (AvgIpc) is 2.62. The van der Waals surface area contributed by atoms with E-state index in [9.17, 15) is 0 Å². The minimum absolute atomic E-state index is 0.205. The molecule has 2 nitrogen and oxygen atoms in total. The van der Waals surface area contributed by atoms with E-state index >= 15 is 0 Å². The van der Waals surface area contributed by atoms with Crippen molar-refractivity contribution in [3.8, 4) is 5.75 Å². The van der Waals surface area contributed by atoms with E-state index in [2.05, 4.69) is 30.4 Å². The van der Waals surface area contributed by atoms with Crippen molar-refractivity contribution in [1.29, 1.82) is 0 Å². The van der Waals surface area contributed by atoms with Gasteiger partial charge in [-0.2, -0.15) is 0 Å². The molecule has 1 heterocycles. The molecule has 0 fully saturated rings. The normalized spacial score (nSPS) is 17.6. The molecule has 0 aliphatic carbocycles. The molecule has 0 spiro atoms.